The van der Waals surface area contributed by atoms with Crippen molar-refractivity contribution in [2.45, 2.75) is 31.3 Å². The summed E-state index contributed by atoms with van der Waals surface area (Å²) in [7, 11) is 0. The van der Waals surface area contributed by atoms with Crippen molar-refractivity contribution in [3.63, 3.8) is 0 Å². The molecular weight excluding hydrogens is 160 g/mol. The minimum atomic E-state index is -1.28. The molecule has 0 bridgehead atoms. The summed E-state index contributed by atoms with van der Waals surface area (Å²) in [6.45, 7) is 0. The average molecular weight is 172 g/mol. The average Bonchev–Trinajstić information content (AvgIpc) is 2.32. The number of aliphatic hydroxyl groups is 1. The normalized spacial score (nSPS) is 34.9. The minimum Gasteiger partial charge on any atom is -0.481 e. The molecule has 0 aromatic rings. The maximum Gasteiger partial charge on any atom is 0.309 e. The summed E-state index contributed by atoms with van der Waals surface area (Å²) in [5.74, 6) is -1.76. The maximum absolute atomic E-state index is 10.6. The minimum absolute atomic E-state index is 0.0655. The Kier molecular flexibility index (Phi) is 2.47. The van der Waals surface area contributed by atoms with Crippen molar-refractivity contribution in [3.8, 4) is 0 Å². The lowest BCUT2D eigenvalue weighted by Gasteiger charge is -2.24. The predicted octanol–water partition coefficient (Wildman–Crippen LogP) is 0.191. The molecule has 2 N–H and O–H groups in total. The van der Waals surface area contributed by atoms with E-state index in [-0.39, 0.29) is 6.42 Å². The Morgan fingerprint density at radius 3 is 2.83 bits per heavy atom. The highest BCUT2D eigenvalue weighted by Gasteiger charge is 2.44. The Morgan fingerprint density at radius 1 is 1.67 bits per heavy atom. The molecule has 0 spiro atoms. The van der Waals surface area contributed by atoms with E-state index in [4.69, 9.17) is 5.11 Å². The van der Waals surface area contributed by atoms with E-state index in [9.17, 15) is 14.7 Å². The summed E-state index contributed by atoms with van der Waals surface area (Å²) in [5, 5.41) is 18.4. The number of carboxylic acid groups (broad SMARTS) is 1. The fourth-order valence-corrected chi connectivity index (χ4v) is 1.80. The van der Waals surface area contributed by atoms with Gasteiger partial charge in [0.15, 0.2) is 0 Å². The number of carbonyl (C=O) groups excluding carboxylic acids is 1. The number of hydrogen-bond donors (Lipinski definition) is 2. The molecule has 4 heteroatoms. The number of rotatable bonds is 3. The van der Waals surface area contributed by atoms with Gasteiger partial charge in [0, 0.05) is 6.42 Å². The lowest BCUT2D eigenvalue weighted by molar-refractivity contribution is -0.150. The summed E-state index contributed by atoms with van der Waals surface area (Å²) in [6.07, 6.45) is 2.09. The van der Waals surface area contributed by atoms with Gasteiger partial charge in [0.1, 0.15) is 6.29 Å². The first-order valence-corrected chi connectivity index (χ1v) is 3.99. The van der Waals surface area contributed by atoms with Gasteiger partial charge in [0.05, 0.1) is 11.5 Å². The Bertz CT molecular complexity index is 201. The van der Waals surface area contributed by atoms with E-state index in [1.54, 1.807) is 0 Å². The second-order valence-electron chi connectivity index (χ2n) is 3.26. The van der Waals surface area contributed by atoms with Crippen molar-refractivity contribution in [2.75, 3.05) is 0 Å². The first kappa shape index (κ1) is 9.19. The van der Waals surface area contributed by atoms with Crippen LogP contribution in [-0.2, 0) is 9.59 Å². The highest BCUT2D eigenvalue weighted by Crippen LogP contribution is 2.37. The molecule has 0 aliphatic heterocycles. The van der Waals surface area contributed by atoms with Crippen LogP contribution in [0.5, 0.6) is 0 Å². The van der Waals surface area contributed by atoms with E-state index >= 15 is 0 Å². The van der Waals surface area contributed by atoms with Gasteiger partial charge in [-0.25, -0.2) is 0 Å². The zero-order valence-electron chi connectivity index (χ0n) is 6.69. The molecule has 68 valence electrons. The summed E-state index contributed by atoms with van der Waals surface area (Å²) in [4.78, 5) is 20.8. The van der Waals surface area contributed by atoms with Crippen LogP contribution >= 0.6 is 0 Å². The van der Waals surface area contributed by atoms with Gasteiger partial charge in [0.25, 0.3) is 0 Å². The summed E-state index contributed by atoms with van der Waals surface area (Å²) < 4.78 is 0. The van der Waals surface area contributed by atoms with E-state index < -0.39 is 17.5 Å². The van der Waals surface area contributed by atoms with E-state index in [2.05, 4.69) is 0 Å². The van der Waals surface area contributed by atoms with Crippen LogP contribution in [0.4, 0.5) is 0 Å². The molecule has 0 aromatic carbocycles. The first-order valence-electron chi connectivity index (χ1n) is 3.99. The largest absolute Gasteiger partial charge is 0.481 e. The van der Waals surface area contributed by atoms with Crippen LogP contribution in [0, 0.1) is 5.92 Å². The van der Waals surface area contributed by atoms with Crippen LogP contribution in [-0.4, -0.2) is 28.1 Å². The summed E-state index contributed by atoms with van der Waals surface area (Å²) in [6, 6.07) is 0. The van der Waals surface area contributed by atoms with Gasteiger partial charge in [0.2, 0.25) is 0 Å². The van der Waals surface area contributed by atoms with E-state index in [1.807, 2.05) is 0 Å². The molecule has 1 saturated carbocycles. The van der Waals surface area contributed by atoms with Crippen molar-refractivity contribution in [3.05, 3.63) is 0 Å². The molecule has 2 unspecified atom stereocenters. The SMILES string of the molecule is O=CCC1(O)CCCC1C(=O)O. The number of aldehydes is 1. The number of carboxylic acids is 1. The van der Waals surface area contributed by atoms with Crippen LogP contribution < -0.4 is 0 Å². The van der Waals surface area contributed by atoms with E-state index in [1.165, 1.54) is 0 Å². The van der Waals surface area contributed by atoms with Gasteiger partial charge in [-0.05, 0) is 19.3 Å². The standard InChI is InChI=1S/C8H12O4/c9-5-4-8(12)3-1-2-6(8)7(10)11/h5-6,12H,1-4H2,(H,10,11). The molecule has 0 heterocycles. The van der Waals surface area contributed by atoms with Crippen molar-refractivity contribution >= 4 is 12.3 Å². The zero-order valence-corrected chi connectivity index (χ0v) is 6.69. The second kappa shape index (κ2) is 3.23. The molecule has 0 saturated heterocycles. The Balaban J connectivity index is 2.73. The zero-order chi connectivity index (χ0) is 9.19. The monoisotopic (exact) mass is 172 g/mol. The summed E-state index contributed by atoms with van der Waals surface area (Å²) in [5.41, 5.74) is -1.28. The molecule has 12 heavy (non-hydrogen) atoms. The first-order chi connectivity index (χ1) is 5.60. The third-order valence-electron chi connectivity index (χ3n) is 2.49. The fourth-order valence-electron chi connectivity index (χ4n) is 1.80. The van der Waals surface area contributed by atoms with Crippen LogP contribution in [0.3, 0.4) is 0 Å². The van der Waals surface area contributed by atoms with Crippen molar-refractivity contribution in [1.29, 1.82) is 0 Å². The maximum atomic E-state index is 10.6. The quantitative estimate of drug-likeness (QED) is 0.596. The lowest BCUT2D eigenvalue weighted by Crippen LogP contribution is -2.38. The van der Waals surface area contributed by atoms with Crippen molar-refractivity contribution < 1.29 is 19.8 Å². The van der Waals surface area contributed by atoms with Gasteiger partial charge in [-0.15, -0.1) is 0 Å². The highest BCUT2D eigenvalue weighted by atomic mass is 16.4. The third kappa shape index (κ3) is 1.48. The third-order valence-corrected chi connectivity index (χ3v) is 2.49. The Morgan fingerprint density at radius 2 is 2.33 bits per heavy atom. The van der Waals surface area contributed by atoms with Crippen molar-refractivity contribution in [1.82, 2.24) is 0 Å². The summed E-state index contributed by atoms with van der Waals surface area (Å²) >= 11 is 0. The van der Waals surface area contributed by atoms with Gasteiger partial charge in [-0.2, -0.15) is 0 Å². The number of hydrogen-bond acceptors (Lipinski definition) is 3. The van der Waals surface area contributed by atoms with E-state index in [0.29, 0.717) is 25.5 Å². The molecule has 2 atom stereocenters. The molecule has 0 radical (unpaired) electrons. The van der Waals surface area contributed by atoms with Gasteiger partial charge < -0.3 is 15.0 Å². The molecule has 1 aliphatic rings. The topological polar surface area (TPSA) is 74.6 Å². The highest BCUT2D eigenvalue weighted by molar-refractivity contribution is 5.73. The van der Waals surface area contributed by atoms with Crippen LogP contribution in [0.25, 0.3) is 0 Å². The molecule has 4 nitrogen and oxygen atoms in total. The molecule has 0 aromatic heterocycles. The molecule has 1 fully saturated rings. The molecule has 0 amide bonds. The molecule has 1 aliphatic carbocycles. The fraction of sp³-hybridized carbons (Fsp3) is 0.750. The van der Waals surface area contributed by atoms with Crippen LogP contribution in [0.2, 0.25) is 0 Å². The van der Waals surface area contributed by atoms with Crippen molar-refractivity contribution in [2.24, 2.45) is 5.92 Å². The second-order valence-corrected chi connectivity index (χ2v) is 3.26. The number of aliphatic carboxylic acids is 1. The van der Waals surface area contributed by atoms with Gasteiger partial charge in [-0.3, -0.25) is 4.79 Å². The van der Waals surface area contributed by atoms with Gasteiger partial charge in [-0.1, -0.05) is 0 Å². The Hall–Kier alpha value is -0.900. The molecule has 1 rings (SSSR count). The van der Waals surface area contributed by atoms with E-state index in [0.717, 1.165) is 0 Å². The predicted molar refractivity (Wildman–Crippen MR) is 40.6 cm³/mol. The smallest absolute Gasteiger partial charge is 0.309 e. The lowest BCUT2D eigenvalue weighted by atomic mass is 9.88. The number of carbonyl (C=O) groups is 2. The molecular formula is C8H12O4. The Labute approximate surface area is 70.2 Å². The van der Waals surface area contributed by atoms with Gasteiger partial charge >= 0.3 is 5.97 Å². The van der Waals surface area contributed by atoms with Crippen LogP contribution in [0.1, 0.15) is 25.7 Å². The van der Waals surface area contributed by atoms with Crippen LogP contribution in [0.15, 0.2) is 0 Å².